The number of likely N-dealkylation sites (tertiary alicyclic amines) is 1. The van der Waals surface area contributed by atoms with Crippen LogP contribution in [0.5, 0.6) is 5.75 Å². The number of methoxy groups -OCH3 is 1. The summed E-state index contributed by atoms with van der Waals surface area (Å²) < 4.78 is 5.44. The molecule has 1 aliphatic rings. The van der Waals surface area contributed by atoms with Gasteiger partial charge < -0.3 is 14.5 Å². The van der Waals surface area contributed by atoms with Crippen molar-refractivity contribution in [2.75, 3.05) is 40.3 Å². The second kappa shape index (κ2) is 7.28. The van der Waals surface area contributed by atoms with E-state index in [1.165, 1.54) is 37.0 Å². The molecule has 0 spiro atoms. The average Bonchev–Trinajstić information content (AvgIpc) is 3.02. The number of aromatic nitrogens is 1. The Hall–Kier alpha value is -1.65. The van der Waals surface area contributed by atoms with Gasteiger partial charge in [0.2, 0.25) is 0 Å². The maximum atomic E-state index is 5.44. The lowest BCUT2D eigenvalue weighted by atomic mass is 10.1. The first-order valence-electron chi connectivity index (χ1n) is 8.52. The summed E-state index contributed by atoms with van der Waals surface area (Å²) in [6.45, 7) is 8.03. The van der Waals surface area contributed by atoms with E-state index in [2.05, 4.69) is 40.9 Å². The number of hydrogen-bond donors (Lipinski definition) is 0. The van der Waals surface area contributed by atoms with Crippen molar-refractivity contribution in [3.05, 3.63) is 36.0 Å². The molecule has 1 aliphatic heterocycles. The Morgan fingerprint density at radius 2 is 2.22 bits per heavy atom. The van der Waals surface area contributed by atoms with Gasteiger partial charge in [-0.25, -0.2) is 0 Å². The highest BCUT2D eigenvalue weighted by molar-refractivity contribution is 5.87. The van der Waals surface area contributed by atoms with Crippen LogP contribution in [0.4, 0.5) is 0 Å². The zero-order valence-corrected chi connectivity index (χ0v) is 14.5. The SMILES string of the molecule is CCN1CCC(CN(C)Cc2ccc(OC)c3ncccc23)C1. The summed E-state index contributed by atoms with van der Waals surface area (Å²) in [7, 11) is 3.93. The first-order chi connectivity index (χ1) is 11.2. The second-order valence-corrected chi connectivity index (χ2v) is 6.57. The molecule has 0 saturated carbocycles. The van der Waals surface area contributed by atoms with E-state index in [0.29, 0.717) is 0 Å². The van der Waals surface area contributed by atoms with Crippen LogP contribution in [-0.4, -0.2) is 55.1 Å². The highest BCUT2D eigenvalue weighted by atomic mass is 16.5. The van der Waals surface area contributed by atoms with Crippen molar-refractivity contribution in [2.24, 2.45) is 5.92 Å². The predicted octanol–water partition coefficient (Wildman–Crippen LogP) is 3.02. The van der Waals surface area contributed by atoms with E-state index in [4.69, 9.17) is 4.74 Å². The molecule has 2 heterocycles. The van der Waals surface area contributed by atoms with Crippen molar-refractivity contribution in [2.45, 2.75) is 19.9 Å². The highest BCUT2D eigenvalue weighted by Gasteiger charge is 2.22. The van der Waals surface area contributed by atoms with Crippen molar-refractivity contribution >= 4 is 10.9 Å². The number of rotatable bonds is 6. The lowest BCUT2D eigenvalue weighted by molar-refractivity contribution is 0.261. The van der Waals surface area contributed by atoms with Crippen LogP contribution in [0.3, 0.4) is 0 Å². The Morgan fingerprint density at radius 1 is 1.35 bits per heavy atom. The molecule has 0 radical (unpaired) electrons. The summed E-state index contributed by atoms with van der Waals surface area (Å²) in [6.07, 6.45) is 3.15. The minimum Gasteiger partial charge on any atom is -0.494 e. The van der Waals surface area contributed by atoms with Crippen molar-refractivity contribution in [1.29, 1.82) is 0 Å². The van der Waals surface area contributed by atoms with Crippen molar-refractivity contribution < 1.29 is 4.74 Å². The molecule has 2 aromatic rings. The predicted molar refractivity (Wildman–Crippen MR) is 94.9 cm³/mol. The molecule has 1 unspecified atom stereocenters. The molecule has 0 amide bonds. The average molecular weight is 313 g/mol. The van der Waals surface area contributed by atoms with Crippen LogP contribution in [0.25, 0.3) is 10.9 Å². The Bertz CT molecular complexity index is 658. The lowest BCUT2D eigenvalue weighted by Gasteiger charge is -2.22. The largest absolute Gasteiger partial charge is 0.494 e. The monoisotopic (exact) mass is 313 g/mol. The molecule has 0 bridgehead atoms. The molecular weight excluding hydrogens is 286 g/mol. The number of benzene rings is 1. The summed E-state index contributed by atoms with van der Waals surface area (Å²) in [5.41, 5.74) is 2.28. The van der Waals surface area contributed by atoms with Gasteiger partial charge in [0.25, 0.3) is 0 Å². The van der Waals surface area contributed by atoms with E-state index in [9.17, 15) is 0 Å². The van der Waals surface area contributed by atoms with Gasteiger partial charge in [0.1, 0.15) is 11.3 Å². The Balaban J connectivity index is 1.71. The molecule has 0 N–H and O–H groups in total. The molecular formula is C19H27N3O. The van der Waals surface area contributed by atoms with Gasteiger partial charge in [0, 0.05) is 31.2 Å². The van der Waals surface area contributed by atoms with Crippen LogP contribution in [0, 0.1) is 5.92 Å². The maximum absolute atomic E-state index is 5.44. The van der Waals surface area contributed by atoms with E-state index in [0.717, 1.165) is 30.3 Å². The Morgan fingerprint density at radius 3 is 2.96 bits per heavy atom. The molecule has 3 rings (SSSR count). The van der Waals surface area contributed by atoms with Crippen LogP contribution < -0.4 is 4.74 Å². The number of ether oxygens (including phenoxy) is 1. The van der Waals surface area contributed by atoms with E-state index < -0.39 is 0 Å². The second-order valence-electron chi connectivity index (χ2n) is 6.57. The molecule has 4 heteroatoms. The zero-order chi connectivity index (χ0) is 16.2. The minimum absolute atomic E-state index is 0.794. The van der Waals surface area contributed by atoms with Crippen molar-refractivity contribution in [3.8, 4) is 5.75 Å². The fraction of sp³-hybridized carbons (Fsp3) is 0.526. The highest BCUT2D eigenvalue weighted by Crippen LogP contribution is 2.27. The molecule has 1 fully saturated rings. The fourth-order valence-corrected chi connectivity index (χ4v) is 3.65. The number of hydrogen-bond acceptors (Lipinski definition) is 4. The van der Waals surface area contributed by atoms with Gasteiger partial charge in [-0.05, 0) is 50.2 Å². The Labute approximate surface area is 139 Å². The van der Waals surface area contributed by atoms with E-state index in [1.807, 2.05) is 18.3 Å². The molecule has 4 nitrogen and oxygen atoms in total. The maximum Gasteiger partial charge on any atom is 0.145 e. The number of nitrogens with zero attached hydrogens (tertiary/aromatic N) is 3. The zero-order valence-electron chi connectivity index (χ0n) is 14.5. The molecule has 1 aromatic heterocycles. The molecule has 1 atom stereocenters. The van der Waals surface area contributed by atoms with Gasteiger partial charge in [-0.2, -0.15) is 0 Å². The van der Waals surface area contributed by atoms with Crippen LogP contribution in [0.2, 0.25) is 0 Å². The summed E-state index contributed by atoms with van der Waals surface area (Å²) in [6, 6.07) is 8.35. The van der Waals surface area contributed by atoms with Crippen molar-refractivity contribution in [1.82, 2.24) is 14.8 Å². The summed E-state index contributed by atoms with van der Waals surface area (Å²) >= 11 is 0. The molecule has 124 valence electrons. The van der Waals surface area contributed by atoms with Gasteiger partial charge >= 0.3 is 0 Å². The molecule has 23 heavy (non-hydrogen) atoms. The topological polar surface area (TPSA) is 28.6 Å². The molecule has 1 saturated heterocycles. The third-order valence-corrected chi connectivity index (χ3v) is 4.87. The van der Waals surface area contributed by atoms with Crippen LogP contribution in [0.15, 0.2) is 30.5 Å². The minimum atomic E-state index is 0.794. The molecule has 1 aromatic carbocycles. The normalized spacial score (nSPS) is 18.9. The quantitative estimate of drug-likeness (QED) is 0.819. The standard InChI is InChI=1S/C19H27N3O/c1-4-22-11-9-15(13-22)12-21(2)14-16-7-8-18(23-3)19-17(16)6-5-10-20-19/h5-8,10,15H,4,9,11-14H2,1-3H3. The van der Waals surface area contributed by atoms with Gasteiger partial charge in [-0.1, -0.05) is 19.1 Å². The van der Waals surface area contributed by atoms with Crippen LogP contribution in [-0.2, 0) is 6.54 Å². The first kappa shape index (κ1) is 16.2. The number of pyridine rings is 1. The van der Waals surface area contributed by atoms with Crippen LogP contribution in [0.1, 0.15) is 18.9 Å². The lowest BCUT2D eigenvalue weighted by Crippen LogP contribution is -2.28. The van der Waals surface area contributed by atoms with Crippen molar-refractivity contribution in [3.63, 3.8) is 0 Å². The summed E-state index contributed by atoms with van der Waals surface area (Å²) in [5.74, 6) is 1.64. The summed E-state index contributed by atoms with van der Waals surface area (Å²) in [5, 5.41) is 1.19. The van der Waals surface area contributed by atoms with Gasteiger partial charge in [0.15, 0.2) is 0 Å². The van der Waals surface area contributed by atoms with E-state index in [1.54, 1.807) is 7.11 Å². The van der Waals surface area contributed by atoms with Gasteiger partial charge in [0.05, 0.1) is 7.11 Å². The number of fused-ring (bicyclic) bond motifs is 1. The third kappa shape index (κ3) is 3.65. The third-order valence-electron chi connectivity index (χ3n) is 4.87. The van der Waals surface area contributed by atoms with E-state index >= 15 is 0 Å². The molecule has 0 aliphatic carbocycles. The summed E-state index contributed by atoms with van der Waals surface area (Å²) in [4.78, 5) is 9.48. The van der Waals surface area contributed by atoms with Gasteiger partial charge in [-0.3, -0.25) is 4.98 Å². The Kier molecular flexibility index (Phi) is 5.13. The van der Waals surface area contributed by atoms with Gasteiger partial charge in [-0.15, -0.1) is 0 Å². The fourth-order valence-electron chi connectivity index (χ4n) is 3.65. The van der Waals surface area contributed by atoms with Crippen LogP contribution >= 0.6 is 0 Å². The van der Waals surface area contributed by atoms with E-state index in [-0.39, 0.29) is 0 Å². The smallest absolute Gasteiger partial charge is 0.145 e. The first-order valence-corrected chi connectivity index (χ1v) is 8.52.